The molecule has 6 nitrogen and oxygen atoms in total. The van der Waals surface area contributed by atoms with E-state index in [0.29, 0.717) is 19.3 Å². The molecule has 6 heteroatoms. The van der Waals surface area contributed by atoms with E-state index in [4.69, 9.17) is 14.2 Å². The average Bonchev–Trinajstić information content (AvgIpc) is 3.48. The van der Waals surface area contributed by atoms with Crippen molar-refractivity contribution in [2.24, 2.45) is 0 Å². The van der Waals surface area contributed by atoms with Gasteiger partial charge in [0, 0.05) is 19.3 Å². The molecule has 0 N–H and O–H groups in total. The minimum Gasteiger partial charge on any atom is -0.462 e. The van der Waals surface area contributed by atoms with E-state index < -0.39 is 6.10 Å². The second-order valence-corrected chi connectivity index (χ2v) is 24.9. The fourth-order valence-corrected chi connectivity index (χ4v) is 11.0. The number of hydrogen-bond acceptors (Lipinski definition) is 6. The van der Waals surface area contributed by atoms with Gasteiger partial charge in [0.1, 0.15) is 13.2 Å². The standard InChI is InChI=1S/C76H140O6/c1-4-7-10-13-16-19-22-25-28-31-33-35-36-37-38-39-40-42-43-45-48-51-54-57-60-63-66-69-75(78)81-72-73(71-80-74(77)68-65-62-59-56-53-50-47-30-27-24-21-18-15-12-9-6-3)82-76(79)70-67-64-61-58-55-52-49-46-44-41-34-32-29-26-23-20-17-14-11-8-5-2/h23,26,30,32,34,44,46-47,73H,4-22,24-25,27-29,31,33,35-43,45,48-72H2,1-3H3/b26-23-,34-32-,46-44-,47-30-. The Balaban J connectivity index is 4.29. The van der Waals surface area contributed by atoms with Gasteiger partial charge in [0.15, 0.2) is 6.10 Å². The zero-order valence-corrected chi connectivity index (χ0v) is 55.3. The summed E-state index contributed by atoms with van der Waals surface area (Å²) in [7, 11) is 0. The van der Waals surface area contributed by atoms with Crippen LogP contribution >= 0.6 is 0 Å². The second kappa shape index (κ2) is 70.9. The topological polar surface area (TPSA) is 78.9 Å². The highest BCUT2D eigenvalue weighted by Gasteiger charge is 2.19. The van der Waals surface area contributed by atoms with E-state index in [1.54, 1.807) is 0 Å². The maximum Gasteiger partial charge on any atom is 0.306 e. The number of carbonyl (C=O) groups excluding carboxylic acids is 3. The van der Waals surface area contributed by atoms with Crippen molar-refractivity contribution < 1.29 is 28.6 Å². The van der Waals surface area contributed by atoms with Crippen molar-refractivity contribution in [1.29, 1.82) is 0 Å². The molecule has 1 atom stereocenters. The highest BCUT2D eigenvalue weighted by Crippen LogP contribution is 2.18. The summed E-state index contributed by atoms with van der Waals surface area (Å²) in [6.07, 6.45) is 90.0. The maximum absolute atomic E-state index is 13.0. The summed E-state index contributed by atoms with van der Waals surface area (Å²) in [5.41, 5.74) is 0. The lowest BCUT2D eigenvalue weighted by Crippen LogP contribution is -2.30. The van der Waals surface area contributed by atoms with E-state index in [2.05, 4.69) is 69.4 Å². The Labute approximate surface area is 511 Å². The molecule has 0 spiro atoms. The van der Waals surface area contributed by atoms with Gasteiger partial charge in [-0.15, -0.1) is 0 Å². The molecule has 0 aromatic heterocycles. The van der Waals surface area contributed by atoms with E-state index in [-0.39, 0.29) is 31.1 Å². The predicted molar refractivity (Wildman–Crippen MR) is 358 cm³/mol. The summed E-state index contributed by atoms with van der Waals surface area (Å²) in [5.74, 6) is -0.871. The van der Waals surface area contributed by atoms with Gasteiger partial charge in [-0.05, 0) is 83.5 Å². The first-order valence-electron chi connectivity index (χ1n) is 36.6. The van der Waals surface area contributed by atoms with Crippen molar-refractivity contribution in [2.45, 2.75) is 406 Å². The molecule has 0 bridgehead atoms. The number of allylic oxidation sites excluding steroid dienone is 8. The van der Waals surface area contributed by atoms with Crippen LogP contribution in [-0.4, -0.2) is 37.2 Å². The monoisotopic (exact) mass is 1150 g/mol. The van der Waals surface area contributed by atoms with Gasteiger partial charge in [0.2, 0.25) is 0 Å². The number of esters is 3. The molecule has 0 rings (SSSR count). The summed E-state index contributed by atoms with van der Waals surface area (Å²) in [5, 5.41) is 0. The van der Waals surface area contributed by atoms with Gasteiger partial charge in [-0.3, -0.25) is 14.4 Å². The number of hydrogen-bond donors (Lipinski definition) is 0. The van der Waals surface area contributed by atoms with E-state index in [0.717, 1.165) is 83.5 Å². The molecule has 1 unspecified atom stereocenters. The van der Waals surface area contributed by atoms with Gasteiger partial charge in [0.25, 0.3) is 0 Å². The average molecular weight is 1150 g/mol. The Morgan fingerprint density at radius 2 is 0.439 bits per heavy atom. The maximum atomic E-state index is 13.0. The zero-order valence-electron chi connectivity index (χ0n) is 55.3. The van der Waals surface area contributed by atoms with E-state index in [1.807, 2.05) is 0 Å². The Morgan fingerprint density at radius 3 is 0.695 bits per heavy atom. The lowest BCUT2D eigenvalue weighted by atomic mass is 10.0. The van der Waals surface area contributed by atoms with Gasteiger partial charge >= 0.3 is 17.9 Å². The van der Waals surface area contributed by atoms with Gasteiger partial charge in [-0.25, -0.2) is 0 Å². The first kappa shape index (κ1) is 79.4. The SMILES string of the molecule is CCCCCCC/C=C\C/C=C\C/C=C\CCCCCCCCC(=O)OC(COC(=O)CCCCCCC/C=C\CCCCCCCCC)COC(=O)CCCCCCCCCCCCCCCCCCCCCCCCCCCCC. The van der Waals surface area contributed by atoms with Crippen LogP contribution in [0.25, 0.3) is 0 Å². The van der Waals surface area contributed by atoms with Crippen molar-refractivity contribution in [1.82, 2.24) is 0 Å². The van der Waals surface area contributed by atoms with Crippen LogP contribution in [0.2, 0.25) is 0 Å². The molecule has 0 aliphatic carbocycles. The minimum atomic E-state index is -0.784. The molecule has 480 valence electrons. The van der Waals surface area contributed by atoms with Crippen LogP contribution in [-0.2, 0) is 28.6 Å². The van der Waals surface area contributed by atoms with Crippen molar-refractivity contribution in [3.05, 3.63) is 48.6 Å². The molecule has 0 aliphatic heterocycles. The highest BCUT2D eigenvalue weighted by atomic mass is 16.6. The van der Waals surface area contributed by atoms with Crippen molar-refractivity contribution in [3.63, 3.8) is 0 Å². The van der Waals surface area contributed by atoms with Crippen LogP contribution in [0.4, 0.5) is 0 Å². The first-order valence-corrected chi connectivity index (χ1v) is 36.6. The van der Waals surface area contributed by atoms with Gasteiger partial charge in [-0.1, -0.05) is 345 Å². The molecule has 0 fully saturated rings. The van der Waals surface area contributed by atoms with Gasteiger partial charge in [0.05, 0.1) is 0 Å². The molecule has 0 aromatic carbocycles. The Hall–Kier alpha value is -2.63. The first-order chi connectivity index (χ1) is 40.5. The van der Waals surface area contributed by atoms with Crippen LogP contribution in [0.15, 0.2) is 48.6 Å². The molecular formula is C76H140O6. The largest absolute Gasteiger partial charge is 0.462 e. The van der Waals surface area contributed by atoms with E-state index >= 15 is 0 Å². The Bertz CT molecular complexity index is 1410. The smallest absolute Gasteiger partial charge is 0.306 e. The van der Waals surface area contributed by atoms with Crippen LogP contribution in [0.5, 0.6) is 0 Å². The van der Waals surface area contributed by atoms with Gasteiger partial charge < -0.3 is 14.2 Å². The van der Waals surface area contributed by atoms with Crippen LogP contribution in [0, 0.1) is 0 Å². The fourth-order valence-electron chi connectivity index (χ4n) is 11.0. The molecule has 0 saturated carbocycles. The minimum absolute atomic E-state index is 0.0771. The van der Waals surface area contributed by atoms with Crippen LogP contribution in [0.3, 0.4) is 0 Å². The molecule has 0 radical (unpaired) electrons. The lowest BCUT2D eigenvalue weighted by molar-refractivity contribution is -0.167. The molecule has 0 aromatic rings. The molecule has 0 amide bonds. The van der Waals surface area contributed by atoms with E-state index in [9.17, 15) is 14.4 Å². The molecular weight excluding hydrogens is 1010 g/mol. The highest BCUT2D eigenvalue weighted by molar-refractivity contribution is 5.71. The third-order valence-corrected chi connectivity index (χ3v) is 16.6. The molecule has 0 heterocycles. The third-order valence-electron chi connectivity index (χ3n) is 16.6. The second-order valence-electron chi connectivity index (χ2n) is 24.9. The predicted octanol–water partition coefficient (Wildman–Crippen LogP) is 25.3. The molecule has 82 heavy (non-hydrogen) atoms. The summed E-state index contributed by atoms with van der Waals surface area (Å²) < 4.78 is 17.0. The quantitative estimate of drug-likeness (QED) is 0.0261. The normalized spacial score (nSPS) is 12.3. The number of carbonyl (C=O) groups is 3. The summed E-state index contributed by atoms with van der Waals surface area (Å²) in [6, 6.07) is 0. The van der Waals surface area contributed by atoms with Crippen molar-refractivity contribution in [3.8, 4) is 0 Å². The fraction of sp³-hybridized carbons (Fsp3) is 0.855. The summed E-state index contributed by atoms with van der Waals surface area (Å²) in [4.78, 5) is 38.5. The van der Waals surface area contributed by atoms with Gasteiger partial charge in [-0.2, -0.15) is 0 Å². The molecule has 0 aliphatic rings. The molecule has 0 saturated heterocycles. The lowest BCUT2D eigenvalue weighted by Gasteiger charge is -2.18. The van der Waals surface area contributed by atoms with Crippen molar-refractivity contribution in [2.75, 3.05) is 13.2 Å². The number of rotatable bonds is 68. The summed E-state index contributed by atoms with van der Waals surface area (Å²) in [6.45, 7) is 6.68. The van der Waals surface area contributed by atoms with E-state index in [1.165, 1.54) is 276 Å². The number of unbranched alkanes of at least 4 members (excludes halogenated alkanes) is 49. The zero-order chi connectivity index (χ0) is 59.2. The Kier molecular flexibility index (Phi) is 68.6. The number of ether oxygens (including phenoxy) is 3. The van der Waals surface area contributed by atoms with Crippen LogP contribution < -0.4 is 0 Å². The van der Waals surface area contributed by atoms with Crippen molar-refractivity contribution >= 4 is 17.9 Å². The Morgan fingerprint density at radius 1 is 0.244 bits per heavy atom. The third kappa shape index (κ3) is 68.2. The van der Waals surface area contributed by atoms with Crippen LogP contribution in [0.1, 0.15) is 400 Å². The summed E-state index contributed by atoms with van der Waals surface area (Å²) >= 11 is 0.